The lowest BCUT2D eigenvalue weighted by Crippen LogP contribution is -3.18. The summed E-state index contributed by atoms with van der Waals surface area (Å²) in [5, 5.41) is 0. The molecular weight excluding hydrogens is 374 g/mol. The van der Waals surface area contributed by atoms with Gasteiger partial charge in [-0.25, -0.2) is 0 Å². The molecule has 5 heteroatoms. The molecular formula is C25H32N3O2+. The minimum absolute atomic E-state index is 0.176. The van der Waals surface area contributed by atoms with E-state index in [0.29, 0.717) is 17.9 Å². The van der Waals surface area contributed by atoms with Crippen LogP contribution in [-0.4, -0.2) is 47.6 Å². The maximum Gasteiger partial charge on any atom is 0.258 e. The van der Waals surface area contributed by atoms with Gasteiger partial charge in [-0.15, -0.1) is 0 Å². The van der Waals surface area contributed by atoms with Crippen molar-refractivity contribution in [3.8, 4) is 11.1 Å². The number of rotatable bonds is 2. The molecule has 2 aromatic rings. The van der Waals surface area contributed by atoms with Crippen LogP contribution in [-0.2, 0) is 11.3 Å². The second-order valence-electron chi connectivity index (χ2n) is 9.55. The number of carbonyl (C=O) groups excluding carboxylic acids is 1. The summed E-state index contributed by atoms with van der Waals surface area (Å²) in [5.41, 5.74) is 4.44. The van der Waals surface area contributed by atoms with Crippen LogP contribution in [0.1, 0.15) is 43.4 Å². The van der Waals surface area contributed by atoms with Crippen LogP contribution in [0.4, 0.5) is 0 Å². The van der Waals surface area contributed by atoms with E-state index in [1.165, 1.54) is 12.1 Å². The number of quaternary nitrogens is 1. The second kappa shape index (κ2) is 7.69. The number of piperidine rings is 2. The Balaban J connectivity index is 1.39. The molecule has 0 saturated carbocycles. The minimum Gasteiger partial charge on any atom is -0.342 e. The average molecular weight is 407 g/mol. The van der Waals surface area contributed by atoms with Gasteiger partial charge in [0.05, 0.1) is 19.1 Å². The summed E-state index contributed by atoms with van der Waals surface area (Å²) in [6.07, 6.45) is 3.42. The molecule has 3 aliphatic heterocycles. The fourth-order valence-corrected chi connectivity index (χ4v) is 6.12. The summed E-state index contributed by atoms with van der Waals surface area (Å²) < 4.78 is 2.08. The van der Waals surface area contributed by atoms with E-state index < -0.39 is 0 Å². The molecule has 2 bridgehead atoms. The Morgan fingerprint density at radius 3 is 2.53 bits per heavy atom. The van der Waals surface area contributed by atoms with Crippen molar-refractivity contribution in [3.63, 3.8) is 0 Å². The highest BCUT2D eigenvalue weighted by atomic mass is 16.2. The average Bonchev–Trinajstić information content (AvgIpc) is 2.75. The molecule has 1 unspecified atom stereocenters. The third kappa shape index (κ3) is 3.39. The van der Waals surface area contributed by atoms with Crippen LogP contribution in [0.25, 0.3) is 11.1 Å². The van der Waals surface area contributed by atoms with Crippen molar-refractivity contribution < 1.29 is 9.69 Å². The number of fused-ring (bicyclic) bond motifs is 4. The Bertz CT molecular complexity index is 1020. The minimum atomic E-state index is 0.176. The lowest BCUT2D eigenvalue weighted by molar-refractivity contribution is -0.937. The topological polar surface area (TPSA) is 46.8 Å². The molecule has 1 aromatic heterocycles. The van der Waals surface area contributed by atoms with E-state index in [2.05, 4.69) is 35.8 Å². The van der Waals surface area contributed by atoms with Gasteiger partial charge in [0, 0.05) is 62.5 Å². The van der Waals surface area contributed by atoms with Gasteiger partial charge in [-0.2, -0.15) is 0 Å². The van der Waals surface area contributed by atoms with Crippen LogP contribution >= 0.6 is 0 Å². The third-order valence-electron chi connectivity index (χ3n) is 7.70. The number of benzene rings is 1. The summed E-state index contributed by atoms with van der Waals surface area (Å²) in [5.74, 6) is 1.25. The number of hydrogen-bond acceptors (Lipinski definition) is 2. The van der Waals surface area contributed by atoms with Crippen molar-refractivity contribution in [3.05, 3.63) is 58.0 Å². The molecule has 158 valence electrons. The number of aromatic nitrogens is 1. The Morgan fingerprint density at radius 1 is 1.03 bits per heavy atom. The number of nitrogens with zero attached hydrogens (tertiary/aromatic N) is 2. The van der Waals surface area contributed by atoms with E-state index in [1.54, 1.807) is 11.8 Å². The molecule has 1 N–H and O–H groups in total. The molecule has 0 radical (unpaired) electrons. The maximum absolute atomic E-state index is 13.4. The van der Waals surface area contributed by atoms with Crippen LogP contribution in [0.2, 0.25) is 0 Å². The molecule has 5 rings (SSSR count). The van der Waals surface area contributed by atoms with Gasteiger partial charge < -0.3 is 14.4 Å². The van der Waals surface area contributed by atoms with Gasteiger partial charge >= 0.3 is 0 Å². The second-order valence-corrected chi connectivity index (χ2v) is 9.55. The monoisotopic (exact) mass is 406 g/mol. The first-order valence-electron chi connectivity index (χ1n) is 11.4. The number of hydrogen-bond donors (Lipinski definition) is 1. The zero-order valence-corrected chi connectivity index (χ0v) is 18.1. The van der Waals surface area contributed by atoms with E-state index in [1.807, 2.05) is 17.0 Å². The molecule has 3 aliphatic rings. The van der Waals surface area contributed by atoms with Crippen LogP contribution in [0, 0.1) is 12.8 Å². The predicted molar refractivity (Wildman–Crippen MR) is 118 cm³/mol. The molecule has 3 atom stereocenters. The number of aryl methyl sites for hydroxylation is 1. The van der Waals surface area contributed by atoms with Crippen LogP contribution in [0.3, 0.4) is 0 Å². The Hall–Kier alpha value is -2.40. The Morgan fingerprint density at radius 2 is 1.80 bits per heavy atom. The van der Waals surface area contributed by atoms with E-state index in [0.717, 1.165) is 62.3 Å². The fourth-order valence-electron chi connectivity index (χ4n) is 6.12. The van der Waals surface area contributed by atoms with E-state index in [9.17, 15) is 9.59 Å². The zero-order chi connectivity index (χ0) is 20.8. The van der Waals surface area contributed by atoms with Gasteiger partial charge in [0.2, 0.25) is 5.91 Å². The van der Waals surface area contributed by atoms with Crippen molar-refractivity contribution in [2.75, 3.05) is 26.2 Å². The standard InChI is InChI=1S/C25H31N3O2/c1-17-5-3-4-6-22(17)23-7-8-24-20-13-19(15-28(24)25(23)30)14-27(16-20)21-9-11-26(12-10-21)18(2)29/h3-8,19-21H,9-16H2,1-2H3/p+1/t19-,20+/m0/s1. The van der Waals surface area contributed by atoms with E-state index in [4.69, 9.17) is 0 Å². The first-order chi connectivity index (χ1) is 14.5. The van der Waals surface area contributed by atoms with Gasteiger partial charge in [0.15, 0.2) is 0 Å². The molecule has 1 amide bonds. The number of pyridine rings is 1. The number of amides is 1. The van der Waals surface area contributed by atoms with Crippen molar-refractivity contribution in [1.82, 2.24) is 9.47 Å². The lowest BCUT2D eigenvalue weighted by atomic mass is 9.81. The normalized spacial score (nSPS) is 26.3. The van der Waals surface area contributed by atoms with Gasteiger partial charge in [0.1, 0.15) is 0 Å². The van der Waals surface area contributed by atoms with Gasteiger partial charge in [-0.3, -0.25) is 9.59 Å². The first-order valence-corrected chi connectivity index (χ1v) is 11.4. The van der Waals surface area contributed by atoms with Crippen molar-refractivity contribution in [2.24, 2.45) is 5.92 Å². The van der Waals surface area contributed by atoms with Crippen LogP contribution in [0.15, 0.2) is 41.2 Å². The van der Waals surface area contributed by atoms with Gasteiger partial charge in [-0.05, 0) is 36.6 Å². The summed E-state index contributed by atoms with van der Waals surface area (Å²) in [6.45, 7) is 8.67. The predicted octanol–water partition coefficient (Wildman–Crippen LogP) is 1.84. The summed E-state index contributed by atoms with van der Waals surface area (Å²) >= 11 is 0. The molecule has 2 saturated heterocycles. The molecule has 0 spiro atoms. The van der Waals surface area contributed by atoms with Crippen LogP contribution in [0.5, 0.6) is 0 Å². The fraction of sp³-hybridized carbons (Fsp3) is 0.520. The molecule has 4 heterocycles. The Labute approximate surface area is 178 Å². The Kier molecular flexibility index (Phi) is 5.02. The maximum atomic E-state index is 13.4. The zero-order valence-electron chi connectivity index (χ0n) is 18.1. The van der Waals surface area contributed by atoms with Crippen molar-refractivity contribution in [2.45, 2.75) is 51.6 Å². The number of carbonyl (C=O) groups is 1. The highest BCUT2D eigenvalue weighted by Gasteiger charge is 2.41. The summed E-state index contributed by atoms with van der Waals surface area (Å²) in [7, 11) is 0. The highest BCUT2D eigenvalue weighted by molar-refractivity contribution is 5.73. The molecule has 2 fully saturated rings. The van der Waals surface area contributed by atoms with Crippen molar-refractivity contribution >= 4 is 5.91 Å². The van der Waals surface area contributed by atoms with Crippen molar-refractivity contribution in [1.29, 1.82) is 0 Å². The molecule has 1 aromatic carbocycles. The SMILES string of the molecule is CC(=O)N1CCC([NH+]2C[C@@H]3C[C@H](C2)c2ccc(-c4ccccc4C)c(=O)n2C3)CC1. The van der Waals surface area contributed by atoms with Gasteiger partial charge in [-0.1, -0.05) is 24.3 Å². The molecule has 5 nitrogen and oxygen atoms in total. The lowest BCUT2D eigenvalue weighted by Gasteiger charge is -2.45. The summed E-state index contributed by atoms with van der Waals surface area (Å²) in [4.78, 5) is 28.7. The first kappa shape index (κ1) is 19.6. The number of likely N-dealkylation sites (tertiary alicyclic amines) is 2. The smallest absolute Gasteiger partial charge is 0.258 e. The highest BCUT2D eigenvalue weighted by Crippen LogP contribution is 2.32. The quantitative estimate of drug-likeness (QED) is 0.827. The number of nitrogens with one attached hydrogen (secondary N) is 1. The van der Waals surface area contributed by atoms with E-state index in [-0.39, 0.29) is 11.5 Å². The molecule has 30 heavy (non-hydrogen) atoms. The van der Waals surface area contributed by atoms with Crippen LogP contribution < -0.4 is 10.5 Å². The largest absolute Gasteiger partial charge is 0.342 e. The summed E-state index contributed by atoms with van der Waals surface area (Å²) in [6, 6.07) is 13.1. The van der Waals surface area contributed by atoms with Gasteiger partial charge in [0.25, 0.3) is 5.56 Å². The third-order valence-corrected chi connectivity index (χ3v) is 7.70. The molecule has 0 aliphatic carbocycles. The van der Waals surface area contributed by atoms with E-state index >= 15 is 0 Å².